The lowest BCUT2D eigenvalue weighted by Gasteiger charge is -2.08. The number of likely N-dealkylation sites (N-methyl/N-ethyl adjacent to an activating group) is 1. The molecule has 0 saturated heterocycles. The Morgan fingerprint density at radius 1 is 1.89 bits per heavy atom. The number of aliphatic hydroxyl groups is 1. The highest BCUT2D eigenvalue weighted by molar-refractivity contribution is 5.79. The zero-order valence-corrected chi connectivity index (χ0v) is 5.42. The molecule has 4 heteroatoms. The van der Waals surface area contributed by atoms with E-state index in [9.17, 15) is 4.79 Å². The molecule has 0 aromatic carbocycles. The molecule has 0 bridgehead atoms. The average Bonchev–Trinajstić information content (AvgIpc) is 1.82. The van der Waals surface area contributed by atoms with E-state index in [2.05, 4.69) is 5.32 Å². The maximum Gasteiger partial charge on any atom is 0.234 e. The van der Waals surface area contributed by atoms with Gasteiger partial charge in [0.1, 0.15) is 0 Å². The molecule has 0 rings (SSSR count). The van der Waals surface area contributed by atoms with E-state index in [1.165, 1.54) is 0 Å². The van der Waals surface area contributed by atoms with Crippen molar-refractivity contribution >= 4 is 5.91 Å². The lowest BCUT2D eigenvalue weighted by Crippen LogP contribution is -2.39. The summed E-state index contributed by atoms with van der Waals surface area (Å²) in [7, 11) is 1.63. The minimum absolute atomic E-state index is 0.0194. The Kier molecular flexibility index (Phi) is 4.00. The molecule has 54 valence electrons. The Morgan fingerprint density at radius 3 is 2.56 bits per heavy atom. The second kappa shape index (κ2) is 4.29. The quantitative estimate of drug-likeness (QED) is 0.433. The van der Waals surface area contributed by atoms with Crippen LogP contribution in [0, 0.1) is 0 Å². The minimum atomic E-state index is -0.424. The molecule has 4 N–H and O–H groups in total. The molecular formula is C5H12N2O2. The topological polar surface area (TPSA) is 75.3 Å². The number of amides is 1. The summed E-state index contributed by atoms with van der Waals surface area (Å²) in [5.74, 6) is -0.424. The predicted molar refractivity (Wildman–Crippen MR) is 33.7 cm³/mol. The van der Waals surface area contributed by atoms with Gasteiger partial charge in [0.25, 0.3) is 0 Å². The van der Waals surface area contributed by atoms with E-state index in [0.29, 0.717) is 6.42 Å². The van der Waals surface area contributed by atoms with Crippen molar-refractivity contribution in [3.63, 3.8) is 0 Å². The van der Waals surface area contributed by atoms with E-state index in [0.717, 1.165) is 0 Å². The van der Waals surface area contributed by atoms with Crippen molar-refractivity contribution in [3.8, 4) is 0 Å². The molecule has 4 nitrogen and oxygen atoms in total. The summed E-state index contributed by atoms with van der Waals surface area (Å²) in [6, 6.07) is -0.394. The fraction of sp³-hybridized carbons (Fsp3) is 0.800. The molecule has 0 aliphatic rings. The van der Waals surface area contributed by atoms with Gasteiger partial charge in [-0.05, 0) is 13.5 Å². The molecule has 0 aromatic rings. The van der Waals surface area contributed by atoms with Gasteiger partial charge in [-0.1, -0.05) is 0 Å². The molecule has 0 aliphatic carbocycles. The van der Waals surface area contributed by atoms with Crippen molar-refractivity contribution in [2.24, 2.45) is 5.73 Å². The molecule has 0 spiro atoms. The van der Waals surface area contributed by atoms with Gasteiger partial charge in [-0.3, -0.25) is 4.79 Å². The van der Waals surface area contributed by atoms with Crippen LogP contribution in [0.3, 0.4) is 0 Å². The smallest absolute Gasteiger partial charge is 0.234 e. The first-order chi connectivity index (χ1) is 4.22. The number of nitrogens with one attached hydrogen (secondary N) is 1. The van der Waals surface area contributed by atoms with Crippen LogP contribution < -0.4 is 11.1 Å². The number of hydrogen-bond acceptors (Lipinski definition) is 3. The van der Waals surface area contributed by atoms with Crippen LogP contribution in [0.1, 0.15) is 6.42 Å². The Morgan fingerprint density at radius 2 is 2.44 bits per heavy atom. The third kappa shape index (κ3) is 3.05. The lowest BCUT2D eigenvalue weighted by atomic mass is 10.2. The molecule has 9 heavy (non-hydrogen) atoms. The minimum Gasteiger partial charge on any atom is -0.396 e. The largest absolute Gasteiger partial charge is 0.396 e. The van der Waals surface area contributed by atoms with Gasteiger partial charge in [-0.2, -0.15) is 0 Å². The summed E-state index contributed by atoms with van der Waals surface area (Å²) >= 11 is 0. The number of carbonyl (C=O) groups excluding carboxylic acids is 1. The van der Waals surface area contributed by atoms with Crippen molar-refractivity contribution in [2.75, 3.05) is 13.7 Å². The Bertz CT molecular complexity index is 95.0. The Balaban J connectivity index is 3.54. The van der Waals surface area contributed by atoms with E-state index in [4.69, 9.17) is 10.8 Å². The summed E-state index contributed by atoms with van der Waals surface area (Å²) in [5, 5.41) is 11.0. The average molecular weight is 132 g/mol. The van der Waals surface area contributed by atoms with Crippen molar-refractivity contribution in [1.29, 1.82) is 0 Å². The van der Waals surface area contributed by atoms with Crippen molar-refractivity contribution in [1.82, 2.24) is 5.32 Å². The van der Waals surface area contributed by atoms with Crippen LogP contribution in [0.4, 0.5) is 0 Å². The zero-order valence-electron chi connectivity index (χ0n) is 5.42. The molecule has 1 amide bonds. The molecule has 0 radical (unpaired) electrons. The van der Waals surface area contributed by atoms with E-state index in [1.807, 2.05) is 0 Å². The monoisotopic (exact) mass is 132 g/mol. The first kappa shape index (κ1) is 8.39. The van der Waals surface area contributed by atoms with Crippen LogP contribution >= 0.6 is 0 Å². The maximum atomic E-state index is 10.4. The fourth-order valence-electron chi connectivity index (χ4n) is 0.558. The summed E-state index contributed by atoms with van der Waals surface area (Å²) < 4.78 is 0. The van der Waals surface area contributed by atoms with Gasteiger partial charge >= 0.3 is 0 Å². The van der Waals surface area contributed by atoms with Gasteiger partial charge < -0.3 is 16.2 Å². The van der Waals surface area contributed by atoms with Crippen molar-refractivity contribution in [2.45, 2.75) is 12.5 Å². The Labute approximate surface area is 54.0 Å². The summed E-state index contributed by atoms with van der Waals surface area (Å²) in [6.07, 6.45) is 0.381. The first-order valence-corrected chi connectivity index (χ1v) is 2.79. The molecule has 0 heterocycles. The zero-order chi connectivity index (χ0) is 7.28. The number of nitrogens with two attached hydrogens (primary N) is 1. The van der Waals surface area contributed by atoms with Crippen molar-refractivity contribution < 1.29 is 9.90 Å². The molecule has 0 unspecified atom stereocenters. The summed E-state index contributed by atoms with van der Waals surface area (Å²) in [4.78, 5) is 10.4. The standard InChI is InChI=1S/C5H12N2O2/c1-7-4(2-3-8)5(6)9/h4,7-8H,2-3H2,1H3,(H2,6,9)/t4-/m0/s1. The summed E-state index contributed by atoms with van der Waals surface area (Å²) in [6.45, 7) is -0.0194. The van der Waals surface area contributed by atoms with Gasteiger partial charge in [-0.15, -0.1) is 0 Å². The second-order valence-corrected chi connectivity index (χ2v) is 1.76. The SMILES string of the molecule is CN[C@@H](CCO)C(N)=O. The third-order valence-electron chi connectivity index (χ3n) is 1.11. The van der Waals surface area contributed by atoms with Gasteiger partial charge in [-0.25, -0.2) is 0 Å². The second-order valence-electron chi connectivity index (χ2n) is 1.76. The van der Waals surface area contributed by atoms with E-state index < -0.39 is 11.9 Å². The Hall–Kier alpha value is -0.610. The van der Waals surface area contributed by atoms with Gasteiger partial charge in [0.05, 0.1) is 6.04 Å². The van der Waals surface area contributed by atoms with Gasteiger partial charge in [0.15, 0.2) is 0 Å². The number of primary amides is 1. The third-order valence-corrected chi connectivity index (χ3v) is 1.11. The van der Waals surface area contributed by atoms with Gasteiger partial charge in [0.2, 0.25) is 5.91 Å². The van der Waals surface area contributed by atoms with E-state index in [-0.39, 0.29) is 6.61 Å². The van der Waals surface area contributed by atoms with Crippen LogP contribution in [0.5, 0.6) is 0 Å². The number of aliphatic hydroxyl groups excluding tert-OH is 1. The highest BCUT2D eigenvalue weighted by Gasteiger charge is 2.09. The highest BCUT2D eigenvalue weighted by Crippen LogP contribution is 1.86. The van der Waals surface area contributed by atoms with Gasteiger partial charge in [0, 0.05) is 6.61 Å². The molecule has 0 aliphatic heterocycles. The maximum absolute atomic E-state index is 10.4. The number of carbonyl (C=O) groups is 1. The summed E-state index contributed by atoms with van der Waals surface area (Å²) in [5.41, 5.74) is 4.92. The lowest BCUT2D eigenvalue weighted by molar-refractivity contribution is -0.120. The van der Waals surface area contributed by atoms with Crippen LogP contribution in [0.25, 0.3) is 0 Å². The molecular weight excluding hydrogens is 120 g/mol. The highest BCUT2D eigenvalue weighted by atomic mass is 16.3. The fourth-order valence-corrected chi connectivity index (χ4v) is 0.558. The molecule has 1 atom stereocenters. The van der Waals surface area contributed by atoms with E-state index >= 15 is 0 Å². The molecule has 0 saturated carbocycles. The molecule has 0 aromatic heterocycles. The molecule has 0 fully saturated rings. The first-order valence-electron chi connectivity index (χ1n) is 2.79. The van der Waals surface area contributed by atoms with Crippen LogP contribution in [-0.4, -0.2) is 30.7 Å². The number of rotatable bonds is 4. The van der Waals surface area contributed by atoms with E-state index in [1.54, 1.807) is 7.05 Å². The normalized spacial score (nSPS) is 13.1. The van der Waals surface area contributed by atoms with Crippen LogP contribution in [0.2, 0.25) is 0 Å². The predicted octanol–water partition coefficient (Wildman–Crippen LogP) is -1.56. The van der Waals surface area contributed by atoms with Crippen molar-refractivity contribution in [3.05, 3.63) is 0 Å². The van der Waals surface area contributed by atoms with Crippen LogP contribution in [0.15, 0.2) is 0 Å². The van der Waals surface area contributed by atoms with Crippen LogP contribution in [-0.2, 0) is 4.79 Å². The number of hydrogen-bond donors (Lipinski definition) is 3.